The van der Waals surface area contributed by atoms with Crippen molar-refractivity contribution in [1.29, 1.82) is 0 Å². The second-order valence-corrected chi connectivity index (χ2v) is 9.37. The fourth-order valence-electron chi connectivity index (χ4n) is 3.50. The average molecular weight is 471 g/mol. The Kier molecular flexibility index (Phi) is 7.81. The lowest BCUT2D eigenvalue weighted by molar-refractivity contribution is -0.135. The van der Waals surface area contributed by atoms with E-state index in [2.05, 4.69) is 10.3 Å². The molecule has 0 bridgehead atoms. The molecule has 2 unspecified atom stereocenters. The Labute approximate surface area is 199 Å². The third kappa shape index (κ3) is 6.47. The van der Waals surface area contributed by atoms with Crippen LogP contribution in [0.3, 0.4) is 0 Å². The SMILES string of the molecule is Cc1ccc(OC(C)(C)C(=O)NC(C)C(Cc2ccc(Cl)cc2)c2ccc(Cl)cc2)cn1. The Bertz CT molecular complexity index is 1030. The largest absolute Gasteiger partial charge is 0.476 e. The number of benzene rings is 2. The van der Waals surface area contributed by atoms with E-state index in [4.69, 9.17) is 27.9 Å². The fourth-order valence-corrected chi connectivity index (χ4v) is 3.76. The van der Waals surface area contributed by atoms with Crippen LogP contribution in [0.5, 0.6) is 5.75 Å². The van der Waals surface area contributed by atoms with Crippen LogP contribution in [0.1, 0.15) is 43.5 Å². The lowest BCUT2D eigenvalue weighted by atomic mass is 9.86. The standard InChI is InChI=1S/C26H28Cl2N2O2/c1-17-5-14-23(16-29-17)32-26(3,4)25(31)30-18(2)24(20-8-12-22(28)13-9-20)15-19-6-10-21(27)11-7-19/h5-14,16,18,24H,15H2,1-4H3,(H,30,31). The Morgan fingerprint density at radius 2 is 1.59 bits per heavy atom. The van der Waals surface area contributed by atoms with E-state index in [9.17, 15) is 4.79 Å². The van der Waals surface area contributed by atoms with Crippen molar-refractivity contribution in [2.45, 2.75) is 51.7 Å². The first-order chi connectivity index (χ1) is 15.1. The molecule has 0 aliphatic rings. The average Bonchev–Trinajstić information content (AvgIpc) is 2.75. The van der Waals surface area contributed by atoms with Crippen LogP contribution in [0.25, 0.3) is 0 Å². The second kappa shape index (κ2) is 10.4. The quantitative estimate of drug-likeness (QED) is 0.415. The normalized spacial score (nSPS) is 13.3. The molecule has 0 saturated carbocycles. The Balaban J connectivity index is 1.77. The minimum absolute atomic E-state index is 0.0363. The van der Waals surface area contributed by atoms with Gasteiger partial charge >= 0.3 is 0 Å². The topological polar surface area (TPSA) is 51.2 Å². The summed E-state index contributed by atoms with van der Waals surface area (Å²) >= 11 is 12.1. The third-order valence-corrected chi connectivity index (χ3v) is 5.94. The molecule has 3 rings (SSSR count). The van der Waals surface area contributed by atoms with Crippen molar-refractivity contribution in [2.24, 2.45) is 0 Å². The molecule has 2 atom stereocenters. The summed E-state index contributed by atoms with van der Waals surface area (Å²) in [5.74, 6) is 0.397. The first-order valence-corrected chi connectivity index (χ1v) is 11.3. The van der Waals surface area contributed by atoms with Crippen LogP contribution in [0, 0.1) is 6.92 Å². The van der Waals surface area contributed by atoms with Gasteiger partial charge in [0.2, 0.25) is 0 Å². The molecule has 4 nitrogen and oxygen atoms in total. The molecule has 1 N–H and O–H groups in total. The highest BCUT2D eigenvalue weighted by Crippen LogP contribution is 2.27. The lowest BCUT2D eigenvalue weighted by Crippen LogP contribution is -2.51. The van der Waals surface area contributed by atoms with Crippen molar-refractivity contribution in [3.63, 3.8) is 0 Å². The molecular weight excluding hydrogens is 443 g/mol. The minimum Gasteiger partial charge on any atom is -0.476 e. The molecule has 3 aromatic rings. The molecule has 1 heterocycles. The number of hydrogen-bond acceptors (Lipinski definition) is 3. The van der Waals surface area contributed by atoms with Crippen LogP contribution in [-0.2, 0) is 11.2 Å². The first-order valence-electron chi connectivity index (χ1n) is 10.6. The molecular formula is C26H28Cl2N2O2. The van der Waals surface area contributed by atoms with Crippen LogP contribution in [0.15, 0.2) is 66.9 Å². The van der Waals surface area contributed by atoms with Gasteiger partial charge in [0.05, 0.1) is 6.20 Å². The van der Waals surface area contributed by atoms with Crippen molar-refractivity contribution < 1.29 is 9.53 Å². The van der Waals surface area contributed by atoms with Crippen LogP contribution in [0.4, 0.5) is 0 Å². The summed E-state index contributed by atoms with van der Waals surface area (Å²) in [6.07, 6.45) is 2.37. The highest BCUT2D eigenvalue weighted by molar-refractivity contribution is 6.30. The molecule has 2 aromatic carbocycles. The molecule has 0 aliphatic heterocycles. The number of carbonyl (C=O) groups is 1. The van der Waals surface area contributed by atoms with E-state index < -0.39 is 5.60 Å². The Morgan fingerprint density at radius 1 is 1.00 bits per heavy atom. The molecule has 0 aliphatic carbocycles. The highest BCUT2D eigenvalue weighted by atomic mass is 35.5. The summed E-state index contributed by atoms with van der Waals surface area (Å²) in [5.41, 5.74) is 2.06. The van der Waals surface area contributed by atoms with Gasteiger partial charge in [0.25, 0.3) is 5.91 Å². The van der Waals surface area contributed by atoms with Gasteiger partial charge in [0, 0.05) is 27.7 Å². The van der Waals surface area contributed by atoms with Crippen molar-refractivity contribution in [3.05, 3.63) is 93.7 Å². The summed E-state index contributed by atoms with van der Waals surface area (Å²) in [6, 6.07) is 19.1. The van der Waals surface area contributed by atoms with Crippen molar-refractivity contribution in [3.8, 4) is 5.75 Å². The predicted molar refractivity (Wildman–Crippen MR) is 131 cm³/mol. The van der Waals surface area contributed by atoms with Crippen molar-refractivity contribution in [1.82, 2.24) is 10.3 Å². The number of rotatable bonds is 8. The van der Waals surface area contributed by atoms with Crippen molar-refractivity contribution >= 4 is 29.1 Å². The van der Waals surface area contributed by atoms with E-state index in [-0.39, 0.29) is 17.9 Å². The van der Waals surface area contributed by atoms with Gasteiger partial charge in [-0.2, -0.15) is 0 Å². The highest BCUT2D eigenvalue weighted by Gasteiger charge is 2.33. The number of halogens is 2. The number of hydrogen-bond donors (Lipinski definition) is 1. The predicted octanol–water partition coefficient (Wildman–Crippen LogP) is 6.39. The third-order valence-electron chi connectivity index (χ3n) is 5.43. The summed E-state index contributed by atoms with van der Waals surface area (Å²) in [6.45, 7) is 7.42. The van der Waals surface area contributed by atoms with E-state index in [1.807, 2.05) is 74.5 Å². The molecule has 0 radical (unpaired) electrons. The monoisotopic (exact) mass is 470 g/mol. The number of ether oxygens (including phenoxy) is 1. The van der Waals surface area contributed by atoms with Gasteiger partial charge < -0.3 is 10.1 Å². The van der Waals surface area contributed by atoms with E-state index >= 15 is 0 Å². The van der Waals surface area contributed by atoms with Crippen molar-refractivity contribution in [2.75, 3.05) is 0 Å². The Morgan fingerprint density at radius 3 is 2.16 bits per heavy atom. The zero-order valence-corrected chi connectivity index (χ0v) is 20.2. The van der Waals surface area contributed by atoms with E-state index in [1.165, 1.54) is 0 Å². The number of aryl methyl sites for hydroxylation is 1. The smallest absolute Gasteiger partial charge is 0.263 e. The van der Waals surface area contributed by atoms with E-state index in [1.54, 1.807) is 20.0 Å². The number of nitrogens with one attached hydrogen (secondary N) is 1. The second-order valence-electron chi connectivity index (χ2n) is 8.50. The van der Waals surface area contributed by atoms with Crippen LogP contribution in [-0.4, -0.2) is 22.5 Å². The molecule has 0 saturated heterocycles. The molecule has 1 aromatic heterocycles. The van der Waals surface area contributed by atoms with Gasteiger partial charge in [0.1, 0.15) is 5.75 Å². The maximum atomic E-state index is 13.1. The zero-order chi connectivity index (χ0) is 23.3. The molecule has 168 valence electrons. The minimum atomic E-state index is -1.06. The Hall–Kier alpha value is -2.56. The van der Waals surface area contributed by atoms with E-state index in [0.29, 0.717) is 15.8 Å². The number of carbonyl (C=O) groups excluding carboxylic acids is 1. The van der Waals surface area contributed by atoms with Gasteiger partial charge in [0.15, 0.2) is 5.60 Å². The maximum Gasteiger partial charge on any atom is 0.263 e. The maximum absolute atomic E-state index is 13.1. The van der Waals surface area contributed by atoms with Crippen LogP contribution < -0.4 is 10.1 Å². The van der Waals surface area contributed by atoms with Crippen LogP contribution in [0.2, 0.25) is 10.0 Å². The molecule has 0 spiro atoms. The van der Waals surface area contributed by atoms with Gasteiger partial charge in [-0.25, -0.2) is 0 Å². The van der Waals surface area contributed by atoms with Gasteiger partial charge in [-0.15, -0.1) is 0 Å². The number of amides is 1. The summed E-state index contributed by atoms with van der Waals surface area (Å²) in [7, 11) is 0. The van der Waals surface area contributed by atoms with Crippen LogP contribution >= 0.6 is 23.2 Å². The summed E-state index contributed by atoms with van der Waals surface area (Å²) in [5, 5.41) is 4.53. The number of pyridine rings is 1. The van der Waals surface area contributed by atoms with Gasteiger partial charge in [-0.3, -0.25) is 9.78 Å². The lowest BCUT2D eigenvalue weighted by Gasteiger charge is -2.31. The molecule has 6 heteroatoms. The summed E-state index contributed by atoms with van der Waals surface area (Å²) < 4.78 is 5.95. The zero-order valence-electron chi connectivity index (χ0n) is 18.7. The number of nitrogens with zero attached hydrogens (tertiary/aromatic N) is 1. The fraction of sp³-hybridized carbons (Fsp3) is 0.308. The summed E-state index contributed by atoms with van der Waals surface area (Å²) in [4.78, 5) is 17.4. The molecule has 32 heavy (non-hydrogen) atoms. The van der Waals surface area contributed by atoms with E-state index in [0.717, 1.165) is 23.2 Å². The van der Waals surface area contributed by atoms with Gasteiger partial charge in [-0.05, 0) is 81.6 Å². The first kappa shape index (κ1) is 24.1. The van der Waals surface area contributed by atoms with Gasteiger partial charge in [-0.1, -0.05) is 47.5 Å². The molecule has 0 fully saturated rings. The molecule has 1 amide bonds. The number of aromatic nitrogens is 1.